The van der Waals surface area contributed by atoms with Gasteiger partial charge in [-0.2, -0.15) is 0 Å². The molecule has 0 aromatic heterocycles. The highest BCUT2D eigenvalue weighted by atomic mass is 16.5. The fourth-order valence-corrected chi connectivity index (χ4v) is 2.15. The van der Waals surface area contributed by atoms with Gasteiger partial charge in [-0.15, -0.1) is 0 Å². The summed E-state index contributed by atoms with van der Waals surface area (Å²) in [5, 5.41) is 2.85. The van der Waals surface area contributed by atoms with Crippen LogP contribution in [0.2, 0.25) is 0 Å². The van der Waals surface area contributed by atoms with Crippen LogP contribution in [0.1, 0.15) is 18.9 Å². The number of hydrogen-bond donors (Lipinski definition) is 1. The Morgan fingerprint density at radius 3 is 2.52 bits per heavy atom. The molecule has 0 saturated heterocycles. The number of hydrogen-bond acceptors (Lipinski definition) is 3. The third-order valence-corrected chi connectivity index (χ3v) is 3.34. The molecule has 2 rings (SSSR count). The van der Waals surface area contributed by atoms with Gasteiger partial charge in [0.2, 0.25) is 0 Å². The molecule has 4 heteroatoms. The van der Waals surface area contributed by atoms with E-state index in [1.807, 2.05) is 68.4 Å². The molecule has 1 N–H and O–H groups in total. The van der Waals surface area contributed by atoms with Crippen LogP contribution in [0.3, 0.4) is 0 Å². The Bertz CT molecular complexity index is 613. The summed E-state index contributed by atoms with van der Waals surface area (Å²) in [4.78, 5) is 12.2. The first kappa shape index (κ1) is 16.9. The zero-order valence-electron chi connectivity index (χ0n) is 13.6. The lowest BCUT2D eigenvalue weighted by molar-refractivity contribution is -0.128. The average molecular weight is 313 g/mol. The number of benzene rings is 2. The molecule has 1 atom stereocenters. The van der Waals surface area contributed by atoms with E-state index in [1.54, 1.807) is 0 Å². The lowest BCUT2D eigenvalue weighted by atomic mass is 10.2. The van der Waals surface area contributed by atoms with Gasteiger partial charge in [-0.25, -0.2) is 0 Å². The van der Waals surface area contributed by atoms with E-state index >= 15 is 0 Å². The lowest BCUT2D eigenvalue weighted by Gasteiger charge is -2.17. The molecule has 0 aliphatic carbocycles. The van der Waals surface area contributed by atoms with Crippen LogP contribution >= 0.6 is 0 Å². The SMILES string of the molecule is CCC(Oc1cccc(C)c1)C(=O)NCCOc1ccccc1. The Hall–Kier alpha value is -2.49. The zero-order valence-corrected chi connectivity index (χ0v) is 13.6. The fraction of sp³-hybridized carbons (Fsp3) is 0.316. The molecule has 122 valence electrons. The predicted octanol–water partition coefficient (Wildman–Crippen LogP) is 3.35. The van der Waals surface area contributed by atoms with Crippen molar-refractivity contribution in [1.82, 2.24) is 5.32 Å². The van der Waals surface area contributed by atoms with Gasteiger partial charge in [0.15, 0.2) is 6.10 Å². The molecule has 0 bridgehead atoms. The van der Waals surface area contributed by atoms with E-state index in [1.165, 1.54) is 0 Å². The fourth-order valence-electron chi connectivity index (χ4n) is 2.15. The number of carbonyl (C=O) groups excluding carboxylic acids is 1. The summed E-state index contributed by atoms with van der Waals surface area (Å²) in [5.74, 6) is 1.39. The first-order chi connectivity index (χ1) is 11.2. The topological polar surface area (TPSA) is 47.6 Å². The maximum Gasteiger partial charge on any atom is 0.261 e. The summed E-state index contributed by atoms with van der Waals surface area (Å²) < 4.78 is 11.3. The predicted molar refractivity (Wildman–Crippen MR) is 90.8 cm³/mol. The van der Waals surface area contributed by atoms with E-state index in [-0.39, 0.29) is 5.91 Å². The Morgan fingerprint density at radius 1 is 1.09 bits per heavy atom. The van der Waals surface area contributed by atoms with Crippen molar-refractivity contribution in [3.05, 3.63) is 60.2 Å². The second-order valence-electron chi connectivity index (χ2n) is 5.28. The minimum atomic E-state index is -0.492. The molecule has 0 radical (unpaired) electrons. The maximum absolute atomic E-state index is 12.2. The Kier molecular flexibility index (Phi) is 6.48. The van der Waals surface area contributed by atoms with Gasteiger partial charge in [0.25, 0.3) is 5.91 Å². The van der Waals surface area contributed by atoms with Gasteiger partial charge in [-0.3, -0.25) is 4.79 Å². The number of nitrogens with one attached hydrogen (secondary N) is 1. The quantitative estimate of drug-likeness (QED) is 0.760. The van der Waals surface area contributed by atoms with Crippen LogP contribution in [0, 0.1) is 6.92 Å². The van der Waals surface area contributed by atoms with Gasteiger partial charge in [0.05, 0.1) is 6.54 Å². The van der Waals surface area contributed by atoms with Crippen LogP contribution in [-0.2, 0) is 4.79 Å². The molecule has 0 spiro atoms. The lowest BCUT2D eigenvalue weighted by Crippen LogP contribution is -2.39. The van der Waals surface area contributed by atoms with Crippen molar-refractivity contribution in [2.75, 3.05) is 13.2 Å². The van der Waals surface area contributed by atoms with E-state index in [9.17, 15) is 4.79 Å². The van der Waals surface area contributed by atoms with E-state index in [0.29, 0.717) is 25.3 Å². The summed E-state index contributed by atoms with van der Waals surface area (Å²) in [6.07, 6.45) is 0.118. The molecule has 0 heterocycles. The number of carbonyl (C=O) groups is 1. The van der Waals surface area contributed by atoms with Gasteiger partial charge >= 0.3 is 0 Å². The van der Waals surface area contributed by atoms with Gasteiger partial charge in [-0.1, -0.05) is 37.3 Å². The number of ether oxygens (including phenoxy) is 2. The maximum atomic E-state index is 12.2. The highest BCUT2D eigenvalue weighted by molar-refractivity contribution is 5.81. The zero-order chi connectivity index (χ0) is 16.5. The molecule has 4 nitrogen and oxygen atoms in total. The third-order valence-electron chi connectivity index (χ3n) is 3.34. The highest BCUT2D eigenvalue weighted by Gasteiger charge is 2.17. The summed E-state index contributed by atoms with van der Waals surface area (Å²) >= 11 is 0. The van der Waals surface area contributed by atoms with E-state index in [0.717, 1.165) is 11.3 Å². The summed E-state index contributed by atoms with van der Waals surface area (Å²) in [6.45, 7) is 4.80. The molecule has 2 aromatic carbocycles. The van der Waals surface area contributed by atoms with Gasteiger partial charge in [0, 0.05) is 0 Å². The van der Waals surface area contributed by atoms with E-state index in [4.69, 9.17) is 9.47 Å². The Morgan fingerprint density at radius 2 is 1.83 bits per heavy atom. The van der Waals surface area contributed by atoms with Crippen LogP contribution in [0.25, 0.3) is 0 Å². The van der Waals surface area contributed by atoms with Crippen molar-refractivity contribution in [3.8, 4) is 11.5 Å². The molecule has 0 fully saturated rings. The van der Waals surface area contributed by atoms with Crippen molar-refractivity contribution >= 4 is 5.91 Å². The first-order valence-electron chi connectivity index (χ1n) is 7.88. The largest absolute Gasteiger partial charge is 0.492 e. The van der Waals surface area contributed by atoms with Crippen molar-refractivity contribution in [2.24, 2.45) is 0 Å². The van der Waals surface area contributed by atoms with Crippen LogP contribution in [0.5, 0.6) is 11.5 Å². The van der Waals surface area contributed by atoms with Crippen molar-refractivity contribution in [2.45, 2.75) is 26.4 Å². The number of rotatable bonds is 8. The second-order valence-corrected chi connectivity index (χ2v) is 5.28. The van der Waals surface area contributed by atoms with Crippen LogP contribution in [0.4, 0.5) is 0 Å². The Labute approximate surface area is 137 Å². The second kappa shape index (κ2) is 8.83. The Balaban J connectivity index is 1.76. The summed E-state index contributed by atoms with van der Waals surface area (Å²) in [6, 6.07) is 17.2. The van der Waals surface area contributed by atoms with Crippen LogP contribution in [0.15, 0.2) is 54.6 Å². The summed E-state index contributed by atoms with van der Waals surface area (Å²) in [5.41, 5.74) is 1.11. The highest BCUT2D eigenvalue weighted by Crippen LogP contribution is 2.15. The molecular formula is C19H23NO3. The molecular weight excluding hydrogens is 290 g/mol. The van der Waals surface area contributed by atoms with E-state index < -0.39 is 6.10 Å². The molecule has 0 aliphatic heterocycles. The molecule has 0 aliphatic rings. The molecule has 0 saturated carbocycles. The van der Waals surface area contributed by atoms with Crippen LogP contribution < -0.4 is 14.8 Å². The van der Waals surface area contributed by atoms with Crippen molar-refractivity contribution in [3.63, 3.8) is 0 Å². The third kappa shape index (κ3) is 5.66. The number of aryl methyl sites for hydroxylation is 1. The number of para-hydroxylation sites is 1. The van der Waals surface area contributed by atoms with Gasteiger partial charge < -0.3 is 14.8 Å². The average Bonchev–Trinajstić information content (AvgIpc) is 2.57. The minimum absolute atomic E-state index is 0.120. The van der Waals surface area contributed by atoms with Gasteiger partial charge in [-0.05, 0) is 43.2 Å². The molecule has 2 aromatic rings. The minimum Gasteiger partial charge on any atom is -0.492 e. The number of amides is 1. The van der Waals surface area contributed by atoms with E-state index in [2.05, 4.69) is 5.32 Å². The first-order valence-corrected chi connectivity index (χ1v) is 7.88. The molecule has 1 amide bonds. The molecule has 23 heavy (non-hydrogen) atoms. The van der Waals surface area contributed by atoms with Crippen LogP contribution in [-0.4, -0.2) is 25.2 Å². The monoisotopic (exact) mass is 313 g/mol. The normalized spacial score (nSPS) is 11.6. The van der Waals surface area contributed by atoms with Crippen molar-refractivity contribution in [1.29, 1.82) is 0 Å². The van der Waals surface area contributed by atoms with Crippen molar-refractivity contribution < 1.29 is 14.3 Å². The smallest absolute Gasteiger partial charge is 0.261 e. The summed E-state index contributed by atoms with van der Waals surface area (Å²) in [7, 11) is 0. The molecule has 1 unspecified atom stereocenters. The standard InChI is InChI=1S/C19H23NO3/c1-3-18(23-17-11-7-8-15(2)14-17)19(21)20-12-13-22-16-9-5-4-6-10-16/h4-11,14,18H,3,12-13H2,1-2H3,(H,20,21). The van der Waals surface area contributed by atoms with Gasteiger partial charge in [0.1, 0.15) is 18.1 Å².